The second-order valence-electron chi connectivity index (χ2n) is 4.44. The summed E-state index contributed by atoms with van der Waals surface area (Å²) in [6.07, 6.45) is 4.35. The zero-order valence-electron chi connectivity index (χ0n) is 9.60. The van der Waals surface area contributed by atoms with Crippen molar-refractivity contribution in [1.82, 2.24) is 10.2 Å². The number of rotatable bonds is 3. The van der Waals surface area contributed by atoms with Crippen LogP contribution in [-0.2, 0) is 4.79 Å². The van der Waals surface area contributed by atoms with Crippen LogP contribution in [0, 0.1) is 0 Å². The van der Waals surface area contributed by atoms with Crippen LogP contribution in [0.4, 0.5) is 0 Å². The first kappa shape index (κ1) is 11.5. The van der Waals surface area contributed by atoms with Crippen molar-refractivity contribution in [3.8, 4) is 0 Å². The van der Waals surface area contributed by atoms with Gasteiger partial charge in [0.05, 0.1) is 5.54 Å². The Labute approximate surface area is 86.9 Å². The maximum Gasteiger partial charge on any atom is 0.242 e. The van der Waals surface area contributed by atoms with Crippen molar-refractivity contribution in [1.29, 1.82) is 0 Å². The molecular weight excluding hydrogens is 176 g/mol. The van der Waals surface area contributed by atoms with Crippen LogP contribution in [0.25, 0.3) is 0 Å². The molecule has 0 aliphatic carbocycles. The van der Waals surface area contributed by atoms with E-state index < -0.39 is 0 Å². The minimum atomic E-state index is -0.303. The second kappa shape index (κ2) is 4.78. The maximum absolute atomic E-state index is 12.1. The predicted molar refractivity (Wildman–Crippen MR) is 58.2 cm³/mol. The van der Waals surface area contributed by atoms with Crippen LogP contribution in [0.3, 0.4) is 0 Å². The van der Waals surface area contributed by atoms with Crippen LogP contribution in [0.15, 0.2) is 0 Å². The molecule has 82 valence electrons. The first-order valence-corrected chi connectivity index (χ1v) is 5.61. The zero-order valence-corrected chi connectivity index (χ0v) is 9.60. The molecule has 1 atom stereocenters. The Bertz CT molecular complexity index is 197. The highest BCUT2D eigenvalue weighted by atomic mass is 16.2. The van der Waals surface area contributed by atoms with Crippen molar-refractivity contribution in [3.63, 3.8) is 0 Å². The lowest BCUT2D eigenvalue weighted by Gasteiger charge is -2.36. The van der Waals surface area contributed by atoms with Gasteiger partial charge >= 0.3 is 0 Å². The van der Waals surface area contributed by atoms with E-state index >= 15 is 0 Å². The number of nitrogens with one attached hydrogen (secondary N) is 1. The fourth-order valence-electron chi connectivity index (χ4n) is 2.10. The Balaban J connectivity index is 2.56. The van der Waals surface area contributed by atoms with Gasteiger partial charge in [0, 0.05) is 13.6 Å². The van der Waals surface area contributed by atoms with E-state index in [2.05, 4.69) is 12.2 Å². The molecule has 1 saturated heterocycles. The third-order valence-electron chi connectivity index (χ3n) is 3.00. The Hall–Kier alpha value is -0.570. The highest BCUT2D eigenvalue weighted by Gasteiger charge is 2.35. The Morgan fingerprint density at radius 1 is 1.50 bits per heavy atom. The molecule has 1 fully saturated rings. The molecule has 1 heterocycles. The fourth-order valence-corrected chi connectivity index (χ4v) is 2.10. The number of amides is 1. The van der Waals surface area contributed by atoms with Gasteiger partial charge in [-0.3, -0.25) is 4.79 Å². The first-order valence-electron chi connectivity index (χ1n) is 5.61. The fraction of sp³-hybridized carbons (Fsp3) is 0.909. The van der Waals surface area contributed by atoms with E-state index in [-0.39, 0.29) is 11.4 Å². The highest BCUT2D eigenvalue weighted by Crippen LogP contribution is 2.20. The summed E-state index contributed by atoms with van der Waals surface area (Å²) in [4.78, 5) is 13.9. The van der Waals surface area contributed by atoms with Crippen LogP contribution < -0.4 is 5.32 Å². The van der Waals surface area contributed by atoms with E-state index in [1.54, 1.807) is 0 Å². The summed E-state index contributed by atoms with van der Waals surface area (Å²) >= 11 is 0. The van der Waals surface area contributed by atoms with Gasteiger partial charge in [-0.2, -0.15) is 0 Å². The molecule has 0 aromatic carbocycles. The van der Waals surface area contributed by atoms with E-state index in [9.17, 15) is 4.79 Å². The van der Waals surface area contributed by atoms with E-state index in [4.69, 9.17) is 0 Å². The molecule has 0 saturated carbocycles. The molecule has 0 bridgehead atoms. The lowest BCUT2D eigenvalue weighted by atomic mass is 9.89. The summed E-state index contributed by atoms with van der Waals surface area (Å²) in [6.45, 7) is 5.96. The molecule has 1 rings (SSSR count). The molecule has 1 aliphatic rings. The zero-order chi connectivity index (χ0) is 10.6. The minimum absolute atomic E-state index is 0.249. The molecule has 0 spiro atoms. The predicted octanol–water partition coefficient (Wildman–Crippen LogP) is 1.39. The number of hydrogen-bond acceptors (Lipinski definition) is 2. The number of hydrogen-bond donors (Lipinski definition) is 1. The van der Waals surface area contributed by atoms with Gasteiger partial charge in [0.2, 0.25) is 5.91 Å². The molecule has 0 aromatic heterocycles. The van der Waals surface area contributed by atoms with Gasteiger partial charge in [0.25, 0.3) is 0 Å². The number of piperidine rings is 1. The van der Waals surface area contributed by atoms with Crippen LogP contribution >= 0.6 is 0 Å². The van der Waals surface area contributed by atoms with E-state index in [1.807, 2.05) is 18.9 Å². The van der Waals surface area contributed by atoms with Crippen molar-refractivity contribution in [2.75, 3.05) is 20.1 Å². The summed E-state index contributed by atoms with van der Waals surface area (Å²) in [7, 11) is 1.90. The molecule has 1 amide bonds. The summed E-state index contributed by atoms with van der Waals surface area (Å²) in [6, 6.07) is 0. The van der Waals surface area contributed by atoms with Crippen molar-refractivity contribution in [2.24, 2.45) is 0 Å². The third kappa shape index (κ3) is 2.47. The van der Waals surface area contributed by atoms with E-state index in [0.29, 0.717) is 0 Å². The Morgan fingerprint density at radius 2 is 2.21 bits per heavy atom. The Morgan fingerprint density at radius 3 is 2.71 bits per heavy atom. The van der Waals surface area contributed by atoms with Crippen molar-refractivity contribution in [2.45, 2.75) is 45.1 Å². The van der Waals surface area contributed by atoms with Crippen LogP contribution in [0.2, 0.25) is 0 Å². The van der Waals surface area contributed by atoms with E-state index in [0.717, 1.165) is 32.4 Å². The third-order valence-corrected chi connectivity index (χ3v) is 3.00. The molecule has 1 unspecified atom stereocenters. The first-order chi connectivity index (χ1) is 6.60. The molecule has 3 nitrogen and oxygen atoms in total. The number of likely N-dealkylation sites (N-methyl/N-ethyl adjacent to an activating group) is 1. The molecule has 14 heavy (non-hydrogen) atoms. The van der Waals surface area contributed by atoms with Crippen LogP contribution in [0.1, 0.15) is 39.5 Å². The lowest BCUT2D eigenvalue weighted by molar-refractivity contribution is -0.137. The van der Waals surface area contributed by atoms with Crippen LogP contribution in [0.5, 0.6) is 0 Å². The average molecular weight is 198 g/mol. The number of nitrogens with zero attached hydrogens (tertiary/aromatic N) is 1. The van der Waals surface area contributed by atoms with Gasteiger partial charge in [-0.05, 0) is 39.2 Å². The Kier molecular flexibility index (Phi) is 3.93. The number of carbonyl (C=O) groups is 1. The monoisotopic (exact) mass is 198 g/mol. The van der Waals surface area contributed by atoms with Gasteiger partial charge < -0.3 is 10.2 Å². The summed E-state index contributed by atoms with van der Waals surface area (Å²) in [5.74, 6) is 0.249. The molecular formula is C11H22N2O. The van der Waals surface area contributed by atoms with Crippen molar-refractivity contribution < 1.29 is 4.79 Å². The smallest absolute Gasteiger partial charge is 0.242 e. The summed E-state index contributed by atoms with van der Waals surface area (Å²) in [5.41, 5.74) is -0.303. The normalized spacial score (nSPS) is 27.4. The van der Waals surface area contributed by atoms with E-state index in [1.165, 1.54) is 6.42 Å². The molecule has 1 N–H and O–H groups in total. The molecule has 1 aliphatic heterocycles. The van der Waals surface area contributed by atoms with Crippen LogP contribution in [-0.4, -0.2) is 36.5 Å². The topological polar surface area (TPSA) is 32.3 Å². The maximum atomic E-state index is 12.1. The molecule has 3 heteroatoms. The van der Waals surface area contributed by atoms with Crippen molar-refractivity contribution >= 4 is 5.91 Å². The van der Waals surface area contributed by atoms with Gasteiger partial charge in [-0.1, -0.05) is 6.92 Å². The minimum Gasteiger partial charge on any atom is -0.344 e. The largest absolute Gasteiger partial charge is 0.344 e. The SMILES string of the molecule is CCCN(C)C(=O)C1(C)CCCCN1. The molecule has 0 aromatic rings. The van der Waals surface area contributed by atoms with Crippen molar-refractivity contribution in [3.05, 3.63) is 0 Å². The second-order valence-corrected chi connectivity index (χ2v) is 4.44. The average Bonchev–Trinajstić information content (AvgIpc) is 2.18. The highest BCUT2D eigenvalue weighted by molar-refractivity contribution is 5.85. The quantitative estimate of drug-likeness (QED) is 0.743. The molecule has 0 radical (unpaired) electrons. The lowest BCUT2D eigenvalue weighted by Crippen LogP contribution is -2.57. The van der Waals surface area contributed by atoms with Gasteiger partial charge in [0.15, 0.2) is 0 Å². The van der Waals surface area contributed by atoms with Gasteiger partial charge in [-0.15, -0.1) is 0 Å². The van der Waals surface area contributed by atoms with Gasteiger partial charge in [0.1, 0.15) is 0 Å². The number of carbonyl (C=O) groups excluding carboxylic acids is 1. The summed E-state index contributed by atoms with van der Waals surface area (Å²) < 4.78 is 0. The summed E-state index contributed by atoms with van der Waals surface area (Å²) in [5, 5.41) is 3.34. The van der Waals surface area contributed by atoms with Gasteiger partial charge in [-0.25, -0.2) is 0 Å². The standard InChI is InChI=1S/C11H22N2O/c1-4-9-13(3)10(14)11(2)7-5-6-8-12-11/h12H,4-9H2,1-3H3.